The molecule has 258 valence electrons. The number of fused-ring (bicyclic) bond motifs is 2. The number of anilines is 1. The number of halogens is 2. The first-order chi connectivity index (χ1) is 23.3. The highest BCUT2D eigenvalue weighted by molar-refractivity contribution is 7.52. The Hall–Kier alpha value is -4.77. The standard InChI is InChI=1S/C31H31F2N6O9P/c1-16(28(42)45-13-18-10-11-19(32)12-21(18)33)38-49(44,48-22-9-5-7-17-6-3-4-8-20(17)22)46-14-23-25(40)31(2,43)29(47-23)39-15-35-24-26(39)36-30(34)37-27(24)41/h3-12,15-16,23,25,29,40,43H,13-14H2,1-2H3,(H,38,44)(H3,34,36,37,41)/t16-,23+,25+,29?,31+,49?/m0/s1. The highest BCUT2D eigenvalue weighted by Gasteiger charge is 2.54. The molecule has 0 aliphatic carbocycles. The summed E-state index contributed by atoms with van der Waals surface area (Å²) in [5.41, 5.74) is 2.84. The van der Waals surface area contributed by atoms with Crippen LogP contribution >= 0.6 is 7.75 Å². The van der Waals surface area contributed by atoms with Crippen LogP contribution < -0.4 is 20.9 Å². The number of hydrogen-bond donors (Lipinski definition) is 5. The molecule has 0 radical (unpaired) electrons. The second kappa shape index (κ2) is 13.3. The second-order valence-electron chi connectivity index (χ2n) is 11.5. The van der Waals surface area contributed by atoms with E-state index < -0.39 is 74.2 Å². The van der Waals surface area contributed by atoms with Gasteiger partial charge in [0.05, 0.1) is 12.9 Å². The number of nitrogens with one attached hydrogen (secondary N) is 2. The predicted molar refractivity (Wildman–Crippen MR) is 170 cm³/mol. The minimum absolute atomic E-state index is 0.0280. The minimum atomic E-state index is -4.56. The third-order valence-corrected chi connectivity index (χ3v) is 9.55. The summed E-state index contributed by atoms with van der Waals surface area (Å²) < 4.78 is 65.7. The van der Waals surface area contributed by atoms with Crippen LogP contribution in [-0.2, 0) is 30.0 Å². The van der Waals surface area contributed by atoms with Crippen LogP contribution in [-0.4, -0.2) is 66.2 Å². The molecule has 3 aromatic carbocycles. The third-order valence-electron chi connectivity index (χ3n) is 7.93. The lowest BCUT2D eigenvalue weighted by Gasteiger charge is -2.27. The van der Waals surface area contributed by atoms with Gasteiger partial charge in [0.1, 0.15) is 47.8 Å². The summed E-state index contributed by atoms with van der Waals surface area (Å²) >= 11 is 0. The van der Waals surface area contributed by atoms with Crippen LogP contribution in [0.25, 0.3) is 21.9 Å². The molecule has 18 heteroatoms. The first kappa shape index (κ1) is 34.1. The molecule has 1 saturated heterocycles. The Kier molecular flexibility index (Phi) is 9.23. The lowest BCUT2D eigenvalue weighted by atomic mass is 9.96. The molecule has 6 rings (SSSR count). The van der Waals surface area contributed by atoms with Gasteiger partial charge < -0.3 is 29.9 Å². The number of rotatable bonds is 11. The molecule has 1 aliphatic rings. The van der Waals surface area contributed by atoms with Gasteiger partial charge in [0.15, 0.2) is 17.4 Å². The summed E-state index contributed by atoms with van der Waals surface area (Å²) in [6, 6.07) is 13.5. The van der Waals surface area contributed by atoms with Crippen LogP contribution in [0.4, 0.5) is 14.7 Å². The van der Waals surface area contributed by atoms with Crippen molar-refractivity contribution >= 4 is 41.6 Å². The normalized spacial score (nSPS) is 22.6. The summed E-state index contributed by atoms with van der Waals surface area (Å²) in [6.45, 7) is 1.39. The van der Waals surface area contributed by atoms with Crippen LogP contribution in [0, 0.1) is 11.6 Å². The van der Waals surface area contributed by atoms with Gasteiger partial charge in [0, 0.05) is 17.0 Å². The number of nitrogens with zero attached hydrogens (tertiary/aromatic N) is 3. The average Bonchev–Trinajstić information content (AvgIpc) is 3.56. The van der Waals surface area contributed by atoms with E-state index in [9.17, 15) is 33.1 Å². The van der Waals surface area contributed by atoms with Crippen molar-refractivity contribution < 1.29 is 46.9 Å². The molecule has 0 saturated carbocycles. The van der Waals surface area contributed by atoms with Gasteiger partial charge in [-0.1, -0.05) is 36.4 Å². The molecule has 0 spiro atoms. The molecule has 1 aliphatic heterocycles. The maximum atomic E-state index is 14.3. The van der Waals surface area contributed by atoms with Gasteiger partial charge in [-0.2, -0.15) is 10.1 Å². The SMILES string of the molecule is C[C@H](NP(=O)(OC[C@H]1OC(n2cnc3c(=O)[nH]c(N)nc32)[C@](C)(O)[C@@H]1O)Oc1cccc2ccccc12)C(=O)OCc1ccc(F)cc1F. The van der Waals surface area contributed by atoms with Crippen molar-refractivity contribution in [2.75, 3.05) is 12.3 Å². The van der Waals surface area contributed by atoms with Gasteiger partial charge in [-0.25, -0.2) is 18.3 Å². The van der Waals surface area contributed by atoms with Gasteiger partial charge in [-0.3, -0.25) is 23.7 Å². The lowest BCUT2D eigenvalue weighted by molar-refractivity contribution is -0.146. The van der Waals surface area contributed by atoms with Gasteiger partial charge >= 0.3 is 13.7 Å². The number of carbonyl (C=O) groups is 1. The topological polar surface area (TPSA) is 213 Å². The molecule has 15 nitrogen and oxygen atoms in total. The number of hydrogen-bond acceptors (Lipinski definition) is 12. The van der Waals surface area contributed by atoms with Gasteiger partial charge in [-0.15, -0.1) is 0 Å². The molecule has 6 atom stereocenters. The Bertz CT molecular complexity index is 2140. The van der Waals surface area contributed by atoms with E-state index in [2.05, 4.69) is 20.0 Å². The second-order valence-corrected chi connectivity index (χ2v) is 13.2. The Morgan fingerprint density at radius 1 is 1.22 bits per heavy atom. The molecule has 3 heterocycles. The van der Waals surface area contributed by atoms with Crippen LogP contribution in [0.3, 0.4) is 0 Å². The molecule has 2 aromatic heterocycles. The predicted octanol–water partition coefficient (Wildman–Crippen LogP) is 3.07. The van der Waals surface area contributed by atoms with Gasteiger partial charge in [0.2, 0.25) is 5.95 Å². The molecule has 1 fully saturated rings. The zero-order chi connectivity index (χ0) is 35.1. The first-order valence-corrected chi connectivity index (χ1v) is 16.4. The van der Waals surface area contributed by atoms with Crippen molar-refractivity contribution in [3.8, 4) is 5.75 Å². The number of esters is 1. The van der Waals surface area contributed by atoms with E-state index in [-0.39, 0.29) is 28.4 Å². The molecule has 49 heavy (non-hydrogen) atoms. The molecular weight excluding hydrogens is 669 g/mol. The van der Waals surface area contributed by atoms with E-state index in [1.54, 1.807) is 36.4 Å². The van der Waals surface area contributed by atoms with Crippen molar-refractivity contribution in [2.45, 2.75) is 50.5 Å². The number of benzene rings is 3. The van der Waals surface area contributed by atoms with Gasteiger partial charge in [0.25, 0.3) is 5.56 Å². The molecule has 5 aromatic rings. The lowest BCUT2D eigenvalue weighted by Crippen LogP contribution is -2.44. The highest BCUT2D eigenvalue weighted by Crippen LogP contribution is 2.48. The maximum Gasteiger partial charge on any atom is 0.459 e. The number of aromatic nitrogens is 4. The number of imidazole rings is 1. The maximum absolute atomic E-state index is 14.3. The van der Waals surface area contributed by atoms with E-state index in [4.69, 9.17) is 24.3 Å². The number of H-pyrrole nitrogens is 1. The fourth-order valence-corrected chi connectivity index (χ4v) is 6.88. The molecule has 2 unspecified atom stereocenters. The van der Waals surface area contributed by atoms with Crippen molar-refractivity contribution in [3.63, 3.8) is 0 Å². The fraction of sp³-hybridized carbons (Fsp3) is 0.290. The van der Waals surface area contributed by atoms with Crippen molar-refractivity contribution in [1.29, 1.82) is 0 Å². The van der Waals surface area contributed by atoms with E-state index in [1.165, 1.54) is 30.8 Å². The first-order valence-electron chi connectivity index (χ1n) is 14.8. The monoisotopic (exact) mass is 700 g/mol. The minimum Gasteiger partial charge on any atom is -0.460 e. The van der Waals surface area contributed by atoms with Crippen LogP contribution in [0.2, 0.25) is 0 Å². The Morgan fingerprint density at radius 2 is 1.98 bits per heavy atom. The number of aliphatic hydroxyl groups is 2. The third kappa shape index (κ3) is 6.90. The number of nitrogens with two attached hydrogens (primary N) is 1. The fourth-order valence-electron chi connectivity index (χ4n) is 5.36. The van der Waals surface area contributed by atoms with Crippen LogP contribution in [0.5, 0.6) is 5.75 Å². The molecule has 0 amide bonds. The van der Waals surface area contributed by atoms with Crippen LogP contribution in [0.1, 0.15) is 25.6 Å². The quantitative estimate of drug-likeness (QED) is 0.0991. The number of nitrogen functional groups attached to an aromatic ring is 1. The Balaban J connectivity index is 1.23. The molecule has 0 bridgehead atoms. The van der Waals surface area contributed by atoms with Crippen molar-refractivity contribution in [2.24, 2.45) is 0 Å². The van der Waals surface area contributed by atoms with Gasteiger partial charge in [-0.05, 0) is 37.4 Å². The van der Waals surface area contributed by atoms with Crippen LogP contribution in [0.15, 0.2) is 71.8 Å². The summed E-state index contributed by atoms with van der Waals surface area (Å²) in [4.78, 5) is 35.6. The summed E-state index contributed by atoms with van der Waals surface area (Å²) in [5.74, 6) is -2.78. The summed E-state index contributed by atoms with van der Waals surface area (Å²) in [5, 5.41) is 26.2. The zero-order valence-corrected chi connectivity index (χ0v) is 26.8. The largest absolute Gasteiger partial charge is 0.460 e. The zero-order valence-electron chi connectivity index (χ0n) is 25.9. The van der Waals surface area contributed by atoms with E-state index in [1.807, 2.05) is 0 Å². The highest BCUT2D eigenvalue weighted by atomic mass is 31.2. The Labute approximate surface area is 276 Å². The summed E-state index contributed by atoms with van der Waals surface area (Å²) in [6.07, 6.45) is -3.16. The van der Waals surface area contributed by atoms with Crippen molar-refractivity contribution in [1.82, 2.24) is 24.6 Å². The number of aromatic amines is 1. The summed E-state index contributed by atoms with van der Waals surface area (Å²) in [7, 11) is -4.56. The molecule has 6 N–H and O–H groups in total. The number of carbonyl (C=O) groups excluding carboxylic acids is 1. The molecular formula is C31H31F2N6O9P. The van der Waals surface area contributed by atoms with E-state index in [0.717, 1.165) is 17.5 Å². The Morgan fingerprint density at radius 3 is 2.76 bits per heavy atom. The van der Waals surface area contributed by atoms with Crippen molar-refractivity contribution in [3.05, 3.63) is 94.5 Å². The number of ether oxygens (including phenoxy) is 2. The smallest absolute Gasteiger partial charge is 0.459 e. The van der Waals surface area contributed by atoms with E-state index in [0.29, 0.717) is 11.5 Å². The van der Waals surface area contributed by atoms with E-state index >= 15 is 0 Å². The number of aliphatic hydroxyl groups excluding tert-OH is 1. The average molecular weight is 701 g/mol.